The summed E-state index contributed by atoms with van der Waals surface area (Å²) in [5.41, 5.74) is 0.964. The Labute approximate surface area is 132 Å². The lowest BCUT2D eigenvalue weighted by molar-refractivity contribution is 0.199. The summed E-state index contributed by atoms with van der Waals surface area (Å²) in [7, 11) is 1.71. The third-order valence-electron chi connectivity index (χ3n) is 3.74. The van der Waals surface area contributed by atoms with Gasteiger partial charge in [-0.25, -0.2) is 0 Å². The molecule has 0 atom stereocenters. The molecule has 120 valence electrons. The number of hydrogen-bond acceptors (Lipinski definition) is 5. The lowest BCUT2D eigenvalue weighted by Gasteiger charge is -2.17. The number of hydrogen-bond donors (Lipinski definition) is 0. The Balaban J connectivity index is 0.000000309. The van der Waals surface area contributed by atoms with E-state index >= 15 is 0 Å². The van der Waals surface area contributed by atoms with Crippen molar-refractivity contribution >= 4 is 0 Å². The Morgan fingerprint density at radius 2 is 1.91 bits per heavy atom. The standard InChI is InChI=1S/C13H15N3O.C4H10O/c1-2-4-11(5-3-1)13-15-12(16-17-13)10-6-8-14-9-7-10;1-3-4-5-2/h6-9,11H,1-5H2;3-4H2,1-2H3. The van der Waals surface area contributed by atoms with Gasteiger partial charge in [-0.05, 0) is 31.4 Å². The van der Waals surface area contributed by atoms with Gasteiger partial charge in [0.25, 0.3) is 0 Å². The minimum atomic E-state index is 0.465. The van der Waals surface area contributed by atoms with Crippen LogP contribution in [-0.2, 0) is 4.74 Å². The van der Waals surface area contributed by atoms with Gasteiger partial charge < -0.3 is 9.26 Å². The van der Waals surface area contributed by atoms with Crippen LogP contribution in [0.3, 0.4) is 0 Å². The second-order valence-electron chi connectivity index (χ2n) is 5.52. The molecule has 5 nitrogen and oxygen atoms in total. The first-order chi connectivity index (χ1) is 10.8. The summed E-state index contributed by atoms with van der Waals surface area (Å²) in [6.07, 6.45) is 10.8. The van der Waals surface area contributed by atoms with Gasteiger partial charge in [-0.3, -0.25) is 4.98 Å². The maximum atomic E-state index is 5.38. The van der Waals surface area contributed by atoms with Gasteiger partial charge in [-0.1, -0.05) is 31.3 Å². The van der Waals surface area contributed by atoms with Gasteiger partial charge in [-0.15, -0.1) is 0 Å². The molecule has 1 saturated carbocycles. The van der Waals surface area contributed by atoms with Crippen LogP contribution in [-0.4, -0.2) is 28.8 Å². The summed E-state index contributed by atoms with van der Waals surface area (Å²) in [5.74, 6) is 1.94. The molecule has 0 spiro atoms. The molecule has 0 aromatic carbocycles. The van der Waals surface area contributed by atoms with Crippen LogP contribution in [0.4, 0.5) is 0 Å². The summed E-state index contributed by atoms with van der Waals surface area (Å²) in [6, 6.07) is 3.80. The van der Waals surface area contributed by atoms with Gasteiger partial charge in [0.1, 0.15) is 0 Å². The zero-order valence-corrected chi connectivity index (χ0v) is 13.5. The molecule has 1 aliphatic rings. The van der Waals surface area contributed by atoms with Crippen molar-refractivity contribution in [3.63, 3.8) is 0 Å². The molecular weight excluding hydrogens is 278 g/mol. The average molecular weight is 303 g/mol. The zero-order valence-electron chi connectivity index (χ0n) is 13.5. The molecule has 5 heteroatoms. The monoisotopic (exact) mass is 303 g/mol. The molecule has 22 heavy (non-hydrogen) atoms. The van der Waals surface area contributed by atoms with E-state index in [1.54, 1.807) is 19.5 Å². The Morgan fingerprint density at radius 1 is 1.18 bits per heavy atom. The van der Waals surface area contributed by atoms with Crippen LogP contribution in [0.5, 0.6) is 0 Å². The van der Waals surface area contributed by atoms with E-state index in [1.807, 2.05) is 12.1 Å². The van der Waals surface area contributed by atoms with Crippen molar-refractivity contribution in [1.29, 1.82) is 0 Å². The molecule has 0 N–H and O–H groups in total. The summed E-state index contributed by atoms with van der Waals surface area (Å²) in [6.45, 7) is 2.98. The van der Waals surface area contributed by atoms with E-state index in [0.717, 1.165) is 24.5 Å². The second-order valence-corrected chi connectivity index (χ2v) is 5.52. The van der Waals surface area contributed by atoms with Crippen LogP contribution < -0.4 is 0 Å². The SMILES string of the molecule is CCCOC.c1cc(-c2noc(C3CCCCC3)n2)ccn1. The van der Waals surface area contributed by atoms with Gasteiger partial charge in [0.2, 0.25) is 11.7 Å². The highest BCUT2D eigenvalue weighted by Gasteiger charge is 2.21. The number of ether oxygens (including phenoxy) is 1. The minimum Gasteiger partial charge on any atom is -0.385 e. The lowest BCUT2D eigenvalue weighted by atomic mass is 9.89. The van der Waals surface area contributed by atoms with Gasteiger partial charge >= 0.3 is 0 Å². The molecule has 0 unspecified atom stereocenters. The Hall–Kier alpha value is -1.75. The first-order valence-corrected chi connectivity index (χ1v) is 8.08. The normalized spacial score (nSPS) is 15.2. The van der Waals surface area contributed by atoms with E-state index in [4.69, 9.17) is 9.26 Å². The molecule has 2 heterocycles. The van der Waals surface area contributed by atoms with Gasteiger partial charge in [0, 0.05) is 37.6 Å². The van der Waals surface area contributed by atoms with E-state index < -0.39 is 0 Å². The van der Waals surface area contributed by atoms with Gasteiger partial charge in [0.05, 0.1) is 0 Å². The van der Waals surface area contributed by atoms with E-state index in [0.29, 0.717) is 11.7 Å². The Bertz CT molecular complexity index is 520. The van der Waals surface area contributed by atoms with Crippen LogP contribution in [0, 0.1) is 0 Å². The third-order valence-corrected chi connectivity index (χ3v) is 3.74. The van der Waals surface area contributed by atoms with Crippen molar-refractivity contribution in [2.45, 2.75) is 51.4 Å². The van der Waals surface area contributed by atoms with Crippen molar-refractivity contribution < 1.29 is 9.26 Å². The van der Waals surface area contributed by atoms with Gasteiger partial charge in [0.15, 0.2) is 0 Å². The molecule has 2 aromatic heterocycles. The highest BCUT2D eigenvalue weighted by Crippen LogP contribution is 2.32. The summed E-state index contributed by atoms with van der Waals surface area (Å²) in [5, 5.41) is 4.05. The van der Waals surface area contributed by atoms with E-state index in [-0.39, 0.29) is 0 Å². The van der Waals surface area contributed by atoms with E-state index in [1.165, 1.54) is 32.1 Å². The van der Waals surface area contributed by atoms with Crippen molar-refractivity contribution in [1.82, 2.24) is 15.1 Å². The molecule has 0 saturated heterocycles. The molecule has 2 aromatic rings. The van der Waals surface area contributed by atoms with Crippen LogP contribution in [0.1, 0.15) is 57.3 Å². The second kappa shape index (κ2) is 9.30. The fourth-order valence-corrected chi connectivity index (χ4v) is 2.57. The highest BCUT2D eigenvalue weighted by molar-refractivity contribution is 5.52. The van der Waals surface area contributed by atoms with Crippen molar-refractivity contribution in [2.75, 3.05) is 13.7 Å². The molecular formula is C17H25N3O2. The molecule has 0 bridgehead atoms. The zero-order chi connectivity index (χ0) is 15.6. The fourth-order valence-electron chi connectivity index (χ4n) is 2.57. The fraction of sp³-hybridized carbons (Fsp3) is 0.588. The lowest BCUT2D eigenvalue weighted by Crippen LogP contribution is -2.04. The molecule has 0 radical (unpaired) electrons. The van der Waals surface area contributed by atoms with Crippen molar-refractivity contribution in [3.8, 4) is 11.4 Å². The largest absolute Gasteiger partial charge is 0.385 e. The van der Waals surface area contributed by atoms with Gasteiger partial charge in [-0.2, -0.15) is 4.98 Å². The van der Waals surface area contributed by atoms with Crippen LogP contribution in [0.25, 0.3) is 11.4 Å². The molecule has 0 aliphatic heterocycles. The summed E-state index contributed by atoms with van der Waals surface area (Å²) < 4.78 is 10.1. The molecule has 3 rings (SSSR count). The predicted octanol–water partition coefficient (Wildman–Crippen LogP) is 4.22. The number of rotatable bonds is 4. The smallest absolute Gasteiger partial charge is 0.230 e. The topological polar surface area (TPSA) is 61.0 Å². The molecule has 1 fully saturated rings. The average Bonchev–Trinajstić information content (AvgIpc) is 3.08. The highest BCUT2D eigenvalue weighted by atomic mass is 16.5. The van der Waals surface area contributed by atoms with Crippen molar-refractivity contribution in [3.05, 3.63) is 30.4 Å². The van der Waals surface area contributed by atoms with E-state index in [9.17, 15) is 0 Å². The maximum absolute atomic E-state index is 5.38. The number of nitrogens with zero attached hydrogens (tertiary/aromatic N) is 3. The first-order valence-electron chi connectivity index (χ1n) is 8.08. The number of aromatic nitrogens is 3. The Morgan fingerprint density at radius 3 is 2.50 bits per heavy atom. The summed E-state index contributed by atoms with van der Waals surface area (Å²) >= 11 is 0. The van der Waals surface area contributed by atoms with Crippen molar-refractivity contribution in [2.24, 2.45) is 0 Å². The maximum Gasteiger partial charge on any atom is 0.230 e. The van der Waals surface area contributed by atoms with Crippen LogP contribution in [0.2, 0.25) is 0 Å². The quantitative estimate of drug-likeness (QED) is 0.846. The number of methoxy groups -OCH3 is 1. The minimum absolute atomic E-state index is 0.465. The van der Waals surface area contributed by atoms with Crippen LogP contribution >= 0.6 is 0 Å². The van der Waals surface area contributed by atoms with Crippen LogP contribution in [0.15, 0.2) is 29.0 Å². The predicted molar refractivity (Wildman–Crippen MR) is 85.5 cm³/mol. The van der Waals surface area contributed by atoms with E-state index in [2.05, 4.69) is 22.0 Å². The summed E-state index contributed by atoms with van der Waals surface area (Å²) in [4.78, 5) is 8.48. The Kier molecular flexibility index (Phi) is 7.03. The molecule has 0 amide bonds. The molecule has 1 aliphatic carbocycles. The third kappa shape index (κ3) is 4.91. The first kappa shape index (κ1) is 16.6. The number of pyridine rings is 1.